The minimum atomic E-state index is -1.22. The Morgan fingerprint density at radius 2 is 1.86 bits per heavy atom. The van der Waals surface area contributed by atoms with Gasteiger partial charge in [0.1, 0.15) is 11.9 Å². The summed E-state index contributed by atoms with van der Waals surface area (Å²) in [5.41, 5.74) is -0.473. The molecule has 8 atom stereocenters. The molecule has 4 rings (SSSR count). The third-order valence-corrected chi connectivity index (χ3v) is 9.10. The van der Waals surface area contributed by atoms with Crippen LogP contribution in [-0.4, -0.2) is 39.8 Å². The molecule has 8 unspecified atom stereocenters. The molecule has 28 heavy (non-hydrogen) atoms. The van der Waals surface area contributed by atoms with Crippen LogP contribution in [0.3, 0.4) is 0 Å². The number of esters is 1. The van der Waals surface area contributed by atoms with Gasteiger partial charge >= 0.3 is 5.97 Å². The fourth-order valence-corrected chi connectivity index (χ4v) is 7.60. The summed E-state index contributed by atoms with van der Waals surface area (Å²) >= 11 is 0. The second-order valence-electron chi connectivity index (χ2n) is 10.3. The number of hydrogen-bond acceptors (Lipinski definition) is 5. The lowest BCUT2D eigenvalue weighted by Gasteiger charge is -2.61. The third kappa shape index (κ3) is 2.51. The first-order chi connectivity index (χ1) is 13.0. The van der Waals surface area contributed by atoms with Gasteiger partial charge in [-0.25, -0.2) is 0 Å². The first-order valence-electron chi connectivity index (χ1n) is 10.8. The molecule has 4 aliphatic rings. The van der Waals surface area contributed by atoms with Crippen LogP contribution in [0.2, 0.25) is 0 Å². The van der Waals surface area contributed by atoms with E-state index in [0.717, 1.165) is 38.5 Å². The molecule has 0 radical (unpaired) electrons. The number of aliphatic hydroxyl groups is 2. The zero-order valence-corrected chi connectivity index (χ0v) is 17.5. The zero-order chi connectivity index (χ0) is 20.5. The van der Waals surface area contributed by atoms with Crippen LogP contribution in [0.4, 0.5) is 0 Å². The average molecular weight is 391 g/mol. The Morgan fingerprint density at radius 1 is 1.14 bits per heavy atom. The van der Waals surface area contributed by atoms with Crippen molar-refractivity contribution < 1.29 is 24.5 Å². The van der Waals surface area contributed by atoms with E-state index >= 15 is 0 Å². The lowest BCUT2D eigenvalue weighted by atomic mass is 9.45. The summed E-state index contributed by atoms with van der Waals surface area (Å²) in [7, 11) is 0. The van der Waals surface area contributed by atoms with Gasteiger partial charge in [0.25, 0.3) is 0 Å². The first-order valence-corrected chi connectivity index (χ1v) is 10.8. The number of fused-ring (bicyclic) bond motifs is 5. The van der Waals surface area contributed by atoms with E-state index in [1.165, 1.54) is 12.5 Å². The number of ether oxygens (including phenoxy) is 1. The summed E-state index contributed by atoms with van der Waals surface area (Å²) in [6.45, 7) is 7.36. The van der Waals surface area contributed by atoms with Gasteiger partial charge in [-0.3, -0.25) is 9.59 Å². The smallest absolute Gasteiger partial charge is 0.302 e. The van der Waals surface area contributed by atoms with Gasteiger partial charge in [0.05, 0.1) is 11.7 Å². The van der Waals surface area contributed by atoms with E-state index < -0.39 is 17.1 Å². The third-order valence-electron chi connectivity index (χ3n) is 9.10. The molecule has 0 bridgehead atoms. The highest BCUT2D eigenvalue weighted by molar-refractivity contribution is 5.80. The van der Waals surface area contributed by atoms with Gasteiger partial charge < -0.3 is 14.9 Å². The monoisotopic (exact) mass is 390 g/mol. The Bertz CT molecular complexity index is 729. The lowest BCUT2D eigenvalue weighted by molar-refractivity contribution is -0.213. The molecule has 0 aliphatic heterocycles. The molecule has 5 nitrogen and oxygen atoms in total. The number of ketones is 1. The fourth-order valence-electron chi connectivity index (χ4n) is 7.60. The van der Waals surface area contributed by atoms with E-state index in [1.54, 1.807) is 6.92 Å². The Hall–Kier alpha value is -1.20. The summed E-state index contributed by atoms with van der Waals surface area (Å²) in [5, 5.41) is 22.9. The van der Waals surface area contributed by atoms with Crippen molar-refractivity contribution in [2.75, 3.05) is 0 Å². The Morgan fingerprint density at radius 3 is 2.50 bits per heavy atom. The van der Waals surface area contributed by atoms with Crippen molar-refractivity contribution in [1.82, 2.24) is 0 Å². The number of rotatable bonds is 2. The predicted octanol–water partition coefficient (Wildman–Crippen LogP) is 3.17. The van der Waals surface area contributed by atoms with Gasteiger partial charge in [-0.05, 0) is 62.7 Å². The van der Waals surface area contributed by atoms with Crippen molar-refractivity contribution in [2.24, 2.45) is 28.6 Å². The Balaban J connectivity index is 1.68. The van der Waals surface area contributed by atoms with Crippen LogP contribution < -0.4 is 0 Å². The van der Waals surface area contributed by atoms with Gasteiger partial charge in [0, 0.05) is 24.7 Å². The number of hydrogen-bond donors (Lipinski definition) is 2. The van der Waals surface area contributed by atoms with Crippen LogP contribution >= 0.6 is 0 Å². The molecule has 0 aromatic rings. The van der Waals surface area contributed by atoms with Crippen LogP contribution in [0.1, 0.15) is 72.6 Å². The Labute approximate surface area is 167 Å². The van der Waals surface area contributed by atoms with E-state index in [9.17, 15) is 19.8 Å². The normalized spacial score (nSPS) is 50.1. The van der Waals surface area contributed by atoms with Gasteiger partial charge in [-0.15, -0.1) is 0 Å². The topological polar surface area (TPSA) is 83.8 Å². The van der Waals surface area contributed by atoms with Crippen molar-refractivity contribution in [3.63, 3.8) is 0 Å². The van der Waals surface area contributed by atoms with E-state index in [0.29, 0.717) is 6.42 Å². The molecule has 3 saturated carbocycles. The van der Waals surface area contributed by atoms with Crippen molar-refractivity contribution in [1.29, 1.82) is 0 Å². The van der Waals surface area contributed by atoms with Crippen LogP contribution in [0.5, 0.6) is 0 Å². The van der Waals surface area contributed by atoms with Gasteiger partial charge in [0.2, 0.25) is 0 Å². The largest absolute Gasteiger partial charge is 0.462 e. The van der Waals surface area contributed by atoms with Crippen molar-refractivity contribution >= 4 is 11.8 Å². The van der Waals surface area contributed by atoms with E-state index in [-0.39, 0.29) is 41.0 Å². The minimum Gasteiger partial charge on any atom is -0.462 e. The SMILES string of the molecule is CC(=O)OC1CCC2(C)C(=CCC3C2CCC2(C)C(C(C)=O)CC(O)C32O)C1. The minimum absolute atomic E-state index is 0.0370. The molecule has 0 amide bonds. The van der Waals surface area contributed by atoms with Gasteiger partial charge in [-0.2, -0.15) is 0 Å². The highest BCUT2D eigenvalue weighted by atomic mass is 16.5. The number of Topliss-reactive ketones (excluding diaryl/α,β-unsaturated/α-hetero) is 1. The summed E-state index contributed by atoms with van der Waals surface area (Å²) in [5.74, 6) is -0.175. The Kier molecular flexibility index (Phi) is 4.59. The van der Waals surface area contributed by atoms with Crippen molar-refractivity contribution in [2.45, 2.75) is 90.4 Å². The van der Waals surface area contributed by atoms with Gasteiger partial charge in [0.15, 0.2) is 0 Å². The zero-order valence-electron chi connectivity index (χ0n) is 17.5. The quantitative estimate of drug-likeness (QED) is 0.559. The molecule has 0 heterocycles. The number of allylic oxidation sites excluding steroid dienone is 1. The molecule has 0 saturated heterocycles. The maximum atomic E-state index is 12.3. The molecule has 0 spiro atoms. The molecular weight excluding hydrogens is 356 g/mol. The highest BCUT2D eigenvalue weighted by Crippen LogP contribution is 2.68. The number of carbonyl (C=O) groups excluding carboxylic acids is 2. The number of carbonyl (C=O) groups is 2. The summed E-state index contributed by atoms with van der Waals surface area (Å²) < 4.78 is 5.48. The standard InChI is InChI=1S/C23H34O5/c1-13(24)19-12-20(26)23(27)18-6-5-15-11-16(28-14(2)25)7-9-21(15,3)17(18)8-10-22(19,23)4/h5,16-20,26-27H,6-12H2,1-4H3. The van der Waals surface area contributed by atoms with Gasteiger partial charge in [-0.1, -0.05) is 25.5 Å². The van der Waals surface area contributed by atoms with Crippen molar-refractivity contribution in [3.05, 3.63) is 11.6 Å². The summed E-state index contributed by atoms with van der Waals surface area (Å²) in [6.07, 6.45) is 6.68. The molecular formula is C23H34O5. The molecule has 0 aromatic heterocycles. The molecule has 2 N–H and O–H groups in total. The van der Waals surface area contributed by atoms with Crippen LogP contribution in [0.15, 0.2) is 11.6 Å². The van der Waals surface area contributed by atoms with Crippen LogP contribution in [0.25, 0.3) is 0 Å². The molecule has 0 aromatic carbocycles. The first kappa shape index (κ1) is 20.1. The fraction of sp³-hybridized carbons (Fsp3) is 0.826. The average Bonchev–Trinajstić information content (AvgIpc) is 2.83. The summed E-state index contributed by atoms with van der Waals surface area (Å²) in [4.78, 5) is 23.7. The number of aliphatic hydroxyl groups excluding tert-OH is 1. The summed E-state index contributed by atoms with van der Waals surface area (Å²) in [6, 6.07) is 0. The van der Waals surface area contributed by atoms with Crippen LogP contribution in [0, 0.1) is 28.6 Å². The highest BCUT2D eigenvalue weighted by Gasteiger charge is 2.70. The molecule has 156 valence electrons. The maximum absolute atomic E-state index is 12.3. The second-order valence-corrected chi connectivity index (χ2v) is 10.3. The molecule has 4 aliphatic carbocycles. The van der Waals surface area contributed by atoms with Crippen LogP contribution in [-0.2, 0) is 14.3 Å². The predicted molar refractivity (Wildman–Crippen MR) is 104 cm³/mol. The maximum Gasteiger partial charge on any atom is 0.302 e. The second kappa shape index (κ2) is 6.40. The van der Waals surface area contributed by atoms with E-state index in [1.807, 2.05) is 6.92 Å². The molecule has 3 fully saturated rings. The van der Waals surface area contributed by atoms with E-state index in [4.69, 9.17) is 4.74 Å². The lowest BCUT2D eigenvalue weighted by Crippen LogP contribution is -2.64. The molecule has 5 heteroatoms. The van der Waals surface area contributed by atoms with Crippen molar-refractivity contribution in [3.8, 4) is 0 Å². The van der Waals surface area contributed by atoms with E-state index in [2.05, 4.69) is 13.0 Å².